The van der Waals surface area contributed by atoms with Crippen molar-refractivity contribution in [3.8, 4) is 11.5 Å². The van der Waals surface area contributed by atoms with Crippen LogP contribution in [-0.4, -0.2) is 49.5 Å². The second kappa shape index (κ2) is 8.29. The first kappa shape index (κ1) is 21.4. The first-order valence-electron chi connectivity index (χ1n) is 10.7. The van der Waals surface area contributed by atoms with Crippen molar-refractivity contribution in [3.63, 3.8) is 0 Å². The molecule has 0 radical (unpaired) electrons. The van der Waals surface area contributed by atoms with E-state index in [9.17, 15) is 17.6 Å². The van der Waals surface area contributed by atoms with Gasteiger partial charge >= 0.3 is 12.4 Å². The molecule has 1 aromatic carbocycles. The summed E-state index contributed by atoms with van der Waals surface area (Å²) < 4.78 is 62.8. The summed E-state index contributed by atoms with van der Waals surface area (Å²) in [7, 11) is 0. The summed E-state index contributed by atoms with van der Waals surface area (Å²) in [6.07, 6.45) is 1.32. The Morgan fingerprint density at radius 3 is 2.23 bits per heavy atom. The van der Waals surface area contributed by atoms with Crippen molar-refractivity contribution in [1.82, 2.24) is 30.4 Å². The maximum atomic E-state index is 13.5. The van der Waals surface area contributed by atoms with E-state index in [1.165, 1.54) is 24.5 Å². The molecule has 0 unspecified atom stereocenters. The molecule has 1 saturated heterocycles. The number of rotatable bonds is 6. The van der Waals surface area contributed by atoms with E-state index >= 15 is 0 Å². The lowest BCUT2D eigenvalue weighted by Crippen LogP contribution is -2.45. The molecule has 1 aliphatic heterocycles. The van der Waals surface area contributed by atoms with Gasteiger partial charge < -0.3 is 19.1 Å². The molecule has 180 valence electrons. The molecule has 2 aliphatic rings. The van der Waals surface area contributed by atoms with Crippen molar-refractivity contribution in [3.05, 3.63) is 59.1 Å². The molecular weight excluding hydrogens is 472 g/mol. The van der Waals surface area contributed by atoms with E-state index in [2.05, 4.69) is 35.7 Å². The highest BCUT2D eigenvalue weighted by Gasteiger charge is 2.36. The molecule has 1 aliphatic carbocycles. The summed E-state index contributed by atoms with van der Waals surface area (Å²) >= 11 is 0. The lowest BCUT2D eigenvalue weighted by molar-refractivity contribution is 0.112. The number of nitrogens with zero attached hydrogens (tertiary/aromatic N) is 7. The van der Waals surface area contributed by atoms with Crippen LogP contribution in [0.2, 0.25) is 0 Å². The first-order chi connectivity index (χ1) is 16.9. The summed E-state index contributed by atoms with van der Waals surface area (Å²) in [5.41, 5.74) is 2.03. The molecule has 4 heterocycles. The van der Waals surface area contributed by atoms with Crippen LogP contribution in [0.4, 0.5) is 29.5 Å². The van der Waals surface area contributed by atoms with Crippen LogP contribution in [0.5, 0.6) is 0 Å². The topological polar surface area (TPSA) is 119 Å². The number of aromatic nitrogens is 6. The molecule has 6 rings (SSSR count). The van der Waals surface area contributed by atoms with E-state index in [1.54, 1.807) is 4.90 Å². The molecule has 10 nitrogen and oxygen atoms in total. The van der Waals surface area contributed by atoms with E-state index in [0.717, 1.165) is 11.1 Å². The van der Waals surface area contributed by atoms with Crippen molar-refractivity contribution >= 4 is 12.0 Å². The van der Waals surface area contributed by atoms with E-state index in [-0.39, 0.29) is 29.8 Å². The molecular formula is C21H16F4N8O2. The molecule has 0 atom stereocenters. The third kappa shape index (κ3) is 4.04. The zero-order valence-electron chi connectivity index (χ0n) is 17.8. The van der Waals surface area contributed by atoms with Gasteiger partial charge in [-0.3, -0.25) is 0 Å². The quantitative estimate of drug-likeness (QED) is 0.405. The lowest BCUT2D eigenvalue weighted by Gasteiger charge is -2.35. The predicted molar refractivity (Wildman–Crippen MR) is 111 cm³/mol. The van der Waals surface area contributed by atoms with Gasteiger partial charge in [-0.25, -0.2) is 18.7 Å². The summed E-state index contributed by atoms with van der Waals surface area (Å²) in [6.45, 7) is 0.812. The fourth-order valence-corrected chi connectivity index (χ4v) is 4.16. The minimum Gasteiger partial charge on any atom is -0.419 e. The molecule has 0 saturated carbocycles. The molecule has 1 fully saturated rings. The Bertz CT molecular complexity index is 1340. The van der Waals surface area contributed by atoms with E-state index < -0.39 is 24.0 Å². The Labute approximate surface area is 194 Å². The Morgan fingerprint density at radius 1 is 0.914 bits per heavy atom. The molecule has 1 N–H and O–H groups in total. The minimum atomic E-state index is -2.81. The number of alkyl halides is 2. The Kier molecular flexibility index (Phi) is 5.07. The van der Waals surface area contributed by atoms with Crippen molar-refractivity contribution in [2.45, 2.75) is 31.2 Å². The SMILES string of the molecule is Fc1cc2c(cc1F)CC(Nc1ncc(-c3nnc(N4CC(c5nnc(C(F)F)o5)C4)o3)cn1)C2. The molecule has 4 aromatic rings. The van der Waals surface area contributed by atoms with Crippen LogP contribution in [0.15, 0.2) is 33.4 Å². The van der Waals surface area contributed by atoms with Gasteiger partial charge in [-0.05, 0) is 36.1 Å². The minimum absolute atomic E-state index is 0.0814. The number of benzene rings is 1. The largest absolute Gasteiger partial charge is 0.419 e. The second-order valence-electron chi connectivity index (χ2n) is 8.35. The van der Waals surface area contributed by atoms with Gasteiger partial charge in [0, 0.05) is 31.5 Å². The molecule has 14 heteroatoms. The van der Waals surface area contributed by atoms with Gasteiger partial charge in [-0.1, -0.05) is 5.10 Å². The number of hydrogen-bond acceptors (Lipinski definition) is 10. The van der Waals surface area contributed by atoms with Gasteiger partial charge in [0.25, 0.3) is 11.8 Å². The average Bonchev–Trinajstić information content (AvgIpc) is 3.54. The van der Waals surface area contributed by atoms with E-state index in [4.69, 9.17) is 8.83 Å². The van der Waals surface area contributed by atoms with Crippen LogP contribution >= 0.6 is 0 Å². The predicted octanol–water partition coefficient (Wildman–Crippen LogP) is 3.31. The van der Waals surface area contributed by atoms with E-state index in [0.29, 0.717) is 37.4 Å². The van der Waals surface area contributed by atoms with Gasteiger partial charge in [0.2, 0.25) is 11.8 Å². The van der Waals surface area contributed by atoms with Crippen LogP contribution in [0.3, 0.4) is 0 Å². The number of anilines is 2. The standard InChI is InChI=1S/C21H16F4N8O2/c22-14-3-9-1-13(2-10(9)4-15(14)23)28-20-26-5-11(6-27-20)17-30-32-21(35-17)33-7-12(8-33)18-29-31-19(34-18)16(24)25/h3-6,12-13,16H,1-2,7-8H2,(H,26,27,28). The van der Waals surface area contributed by atoms with Crippen LogP contribution in [0.25, 0.3) is 11.5 Å². The van der Waals surface area contributed by atoms with Crippen molar-refractivity contribution in [2.75, 3.05) is 23.3 Å². The monoisotopic (exact) mass is 488 g/mol. The highest BCUT2D eigenvalue weighted by atomic mass is 19.3. The van der Waals surface area contributed by atoms with Gasteiger partial charge in [-0.15, -0.1) is 15.3 Å². The summed E-state index contributed by atoms with van der Waals surface area (Å²) in [5, 5.41) is 18.2. The Hall–Kier alpha value is -4.10. The number of halogens is 4. The van der Waals surface area contributed by atoms with Crippen molar-refractivity contribution < 1.29 is 26.4 Å². The zero-order valence-corrected chi connectivity index (χ0v) is 17.8. The Morgan fingerprint density at radius 2 is 1.60 bits per heavy atom. The second-order valence-corrected chi connectivity index (χ2v) is 8.35. The summed E-state index contributed by atoms with van der Waals surface area (Å²) in [4.78, 5) is 10.3. The smallest absolute Gasteiger partial charge is 0.318 e. The fourth-order valence-electron chi connectivity index (χ4n) is 4.16. The lowest BCUT2D eigenvalue weighted by atomic mass is 10.0. The van der Waals surface area contributed by atoms with Gasteiger partial charge in [0.15, 0.2) is 11.6 Å². The zero-order chi connectivity index (χ0) is 24.1. The molecule has 35 heavy (non-hydrogen) atoms. The Balaban J connectivity index is 1.06. The van der Waals surface area contributed by atoms with Gasteiger partial charge in [0.1, 0.15) is 0 Å². The van der Waals surface area contributed by atoms with Crippen LogP contribution in [0.1, 0.15) is 35.3 Å². The molecule has 0 amide bonds. The maximum absolute atomic E-state index is 13.5. The fraction of sp³-hybridized carbons (Fsp3) is 0.333. The van der Waals surface area contributed by atoms with Crippen molar-refractivity contribution in [2.24, 2.45) is 0 Å². The highest BCUT2D eigenvalue weighted by molar-refractivity contribution is 5.52. The normalized spacial score (nSPS) is 16.1. The molecule has 0 bridgehead atoms. The van der Waals surface area contributed by atoms with Crippen LogP contribution in [0, 0.1) is 11.6 Å². The van der Waals surface area contributed by atoms with Crippen molar-refractivity contribution in [1.29, 1.82) is 0 Å². The number of hydrogen-bond donors (Lipinski definition) is 1. The van der Waals surface area contributed by atoms with Gasteiger partial charge in [-0.2, -0.15) is 8.78 Å². The summed E-state index contributed by atoms with van der Waals surface area (Å²) in [6, 6.07) is 2.64. The van der Waals surface area contributed by atoms with Crippen LogP contribution in [-0.2, 0) is 12.8 Å². The first-order valence-corrected chi connectivity index (χ1v) is 10.7. The molecule has 0 spiro atoms. The summed E-state index contributed by atoms with van der Waals surface area (Å²) in [5.74, 6) is -1.88. The van der Waals surface area contributed by atoms with Gasteiger partial charge in [0.05, 0.1) is 11.5 Å². The third-order valence-corrected chi connectivity index (χ3v) is 5.97. The average molecular weight is 488 g/mol. The van der Waals surface area contributed by atoms with Crippen LogP contribution < -0.4 is 10.2 Å². The highest BCUT2D eigenvalue weighted by Crippen LogP contribution is 2.33. The number of fused-ring (bicyclic) bond motifs is 1. The molecule has 3 aromatic heterocycles. The third-order valence-electron chi connectivity index (χ3n) is 5.97. The van der Waals surface area contributed by atoms with E-state index in [1.807, 2.05) is 0 Å². The number of nitrogens with one attached hydrogen (secondary N) is 1. The maximum Gasteiger partial charge on any atom is 0.318 e.